The molecule has 5 nitrogen and oxygen atoms in total. The van der Waals surface area contributed by atoms with Gasteiger partial charge in [0.25, 0.3) is 0 Å². The first-order chi connectivity index (χ1) is 14.4. The quantitative estimate of drug-likeness (QED) is 0.309. The van der Waals surface area contributed by atoms with Crippen LogP contribution in [-0.2, 0) is 22.5 Å². The normalized spacial score (nSPS) is 11.5. The molecule has 1 heterocycles. The molecule has 0 aliphatic rings. The van der Waals surface area contributed by atoms with E-state index in [1.807, 2.05) is 24.5 Å². The molecule has 1 aromatic heterocycles. The minimum absolute atomic E-state index is 0.341. The summed E-state index contributed by atoms with van der Waals surface area (Å²) in [5.74, 6) is 1.18. The van der Waals surface area contributed by atoms with Crippen molar-refractivity contribution in [1.29, 1.82) is 0 Å². The maximum Gasteiger partial charge on any atom is 0.349 e. The highest BCUT2D eigenvalue weighted by Gasteiger charge is 2.31. The lowest BCUT2D eigenvalue weighted by Gasteiger charge is -2.24. The molecule has 0 radical (unpaired) electrons. The number of aryl methyl sites for hydroxylation is 2. The Bertz CT molecular complexity index is 979. The van der Waals surface area contributed by atoms with Crippen LogP contribution >= 0.6 is 12.0 Å². The van der Waals surface area contributed by atoms with Gasteiger partial charge in [-0.1, -0.05) is 12.1 Å². The van der Waals surface area contributed by atoms with Gasteiger partial charge in [0.05, 0.1) is 18.6 Å². The standard InChI is InChI=1S/C24H29NO4S/c1-5-27-23(26)24(2,3)28-20-10-8-18(9-11-20)7-6-15-25-16-14-19-17-21(29-30-4)12-13-22(19)25/h8-14,16-17H,5-7,15H2,1-4H3. The van der Waals surface area contributed by atoms with E-state index < -0.39 is 5.60 Å². The van der Waals surface area contributed by atoms with Crippen LogP contribution in [-0.4, -0.2) is 29.0 Å². The van der Waals surface area contributed by atoms with E-state index in [9.17, 15) is 4.79 Å². The Balaban J connectivity index is 1.54. The molecule has 6 heteroatoms. The number of fused-ring (bicyclic) bond motifs is 1. The summed E-state index contributed by atoms with van der Waals surface area (Å²) in [6, 6.07) is 16.2. The zero-order valence-corrected chi connectivity index (χ0v) is 18.8. The minimum atomic E-state index is -1.01. The molecule has 3 aromatic rings. The average Bonchev–Trinajstić information content (AvgIpc) is 3.12. The maximum absolute atomic E-state index is 12.0. The number of esters is 1. The van der Waals surface area contributed by atoms with E-state index in [2.05, 4.69) is 41.1 Å². The predicted octanol–water partition coefficient (Wildman–Crippen LogP) is 5.65. The third-order valence-electron chi connectivity index (χ3n) is 4.85. The largest absolute Gasteiger partial charge is 0.476 e. The second kappa shape index (κ2) is 9.94. The Hall–Kier alpha value is -2.60. The Morgan fingerprint density at radius 1 is 1.07 bits per heavy atom. The van der Waals surface area contributed by atoms with Crippen LogP contribution < -0.4 is 8.92 Å². The Morgan fingerprint density at radius 3 is 2.50 bits per heavy atom. The third-order valence-corrected chi connectivity index (χ3v) is 5.21. The molecule has 2 aromatic carbocycles. The molecule has 30 heavy (non-hydrogen) atoms. The lowest BCUT2D eigenvalue weighted by Crippen LogP contribution is -2.39. The van der Waals surface area contributed by atoms with E-state index in [1.54, 1.807) is 20.8 Å². The van der Waals surface area contributed by atoms with Gasteiger partial charge >= 0.3 is 5.97 Å². The molecular weight excluding hydrogens is 398 g/mol. The smallest absolute Gasteiger partial charge is 0.349 e. The monoisotopic (exact) mass is 427 g/mol. The van der Waals surface area contributed by atoms with Crippen LogP contribution in [0, 0.1) is 0 Å². The molecule has 3 rings (SSSR count). The van der Waals surface area contributed by atoms with E-state index in [1.165, 1.54) is 28.5 Å². The SMILES string of the molecule is CCOC(=O)C(C)(C)Oc1ccc(CCCn2ccc3cc(OSC)ccc32)cc1. The van der Waals surface area contributed by atoms with Crippen molar-refractivity contribution in [1.82, 2.24) is 4.57 Å². The fraction of sp³-hybridized carbons (Fsp3) is 0.375. The number of ether oxygens (including phenoxy) is 2. The molecule has 0 bridgehead atoms. The molecule has 0 fully saturated rings. The van der Waals surface area contributed by atoms with Crippen molar-refractivity contribution in [3.8, 4) is 11.5 Å². The van der Waals surface area contributed by atoms with Crippen molar-refractivity contribution in [2.75, 3.05) is 12.9 Å². The van der Waals surface area contributed by atoms with Crippen molar-refractivity contribution < 1.29 is 18.5 Å². The number of nitrogens with zero attached hydrogens (tertiary/aromatic N) is 1. The summed E-state index contributed by atoms with van der Waals surface area (Å²) in [6.07, 6.45) is 6.04. The highest BCUT2D eigenvalue weighted by Crippen LogP contribution is 2.25. The van der Waals surface area contributed by atoms with Crippen molar-refractivity contribution in [3.05, 3.63) is 60.3 Å². The van der Waals surface area contributed by atoms with Gasteiger partial charge in [0, 0.05) is 29.9 Å². The van der Waals surface area contributed by atoms with E-state index in [0.717, 1.165) is 25.1 Å². The van der Waals surface area contributed by atoms with E-state index in [4.69, 9.17) is 13.7 Å². The van der Waals surface area contributed by atoms with Crippen LogP contribution in [0.2, 0.25) is 0 Å². The van der Waals surface area contributed by atoms with Crippen molar-refractivity contribution >= 4 is 28.9 Å². The summed E-state index contributed by atoms with van der Waals surface area (Å²) in [5, 5.41) is 1.19. The highest BCUT2D eigenvalue weighted by atomic mass is 32.2. The van der Waals surface area contributed by atoms with Gasteiger partial charge in [-0.2, -0.15) is 0 Å². The highest BCUT2D eigenvalue weighted by molar-refractivity contribution is 7.94. The summed E-state index contributed by atoms with van der Waals surface area (Å²) in [4.78, 5) is 12.0. The molecule has 0 saturated heterocycles. The fourth-order valence-electron chi connectivity index (χ4n) is 3.34. The van der Waals surface area contributed by atoms with Gasteiger partial charge < -0.3 is 18.2 Å². The zero-order chi connectivity index (χ0) is 21.6. The zero-order valence-electron chi connectivity index (χ0n) is 18.0. The number of hydrogen-bond acceptors (Lipinski definition) is 5. The van der Waals surface area contributed by atoms with Crippen LogP contribution in [0.3, 0.4) is 0 Å². The third kappa shape index (κ3) is 5.51. The lowest BCUT2D eigenvalue weighted by atomic mass is 10.1. The average molecular weight is 428 g/mol. The van der Waals surface area contributed by atoms with Crippen molar-refractivity contribution in [2.45, 2.75) is 45.8 Å². The Labute approximate surface area is 182 Å². The molecule has 0 aliphatic carbocycles. The van der Waals surface area contributed by atoms with Gasteiger partial charge in [0.15, 0.2) is 5.60 Å². The van der Waals surface area contributed by atoms with Crippen LogP contribution in [0.1, 0.15) is 32.8 Å². The number of benzene rings is 2. The second-order valence-corrected chi connectivity index (χ2v) is 8.06. The minimum Gasteiger partial charge on any atom is -0.476 e. The molecule has 0 unspecified atom stereocenters. The molecular formula is C24H29NO4S. The number of carbonyl (C=O) groups is 1. The number of rotatable bonds is 10. The van der Waals surface area contributed by atoms with Gasteiger partial charge in [0.2, 0.25) is 0 Å². The molecule has 0 aliphatic heterocycles. The van der Waals surface area contributed by atoms with E-state index in [-0.39, 0.29) is 5.97 Å². The lowest BCUT2D eigenvalue weighted by molar-refractivity contribution is -0.158. The van der Waals surface area contributed by atoms with Crippen LogP contribution in [0.25, 0.3) is 10.9 Å². The van der Waals surface area contributed by atoms with E-state index >= 15 is 0 Å². The van der Waals surface area contributed by atoms with Gasteiger partial charge in [-0.25, -0.2) is 4.79 Å². The Kier molecular flexibility index (Phi) is 7.32. The van der Waals surface area contributed by atoms with Crippen LogP contribution in [0.15, 0.2) is 54.7 Å². The number of hydrogen-bond donors (Lipinski definition) is 0. The first-order valence-corrected chi connectivity index (χ1v) is 11.3. The fourth-order valence-corrected chi connectivity index (χ4v) is 3.64. The summed E-state index contributed by atoms with van der Waals surface area (Å²) in [5.41, 5.74) is 1.45. The Morgan fingerprint density at radius 2 is 1.80 bits per heavy atom. The molecule has 0 N–H and O–H groups in total. The summed E-state index contributed by atoms with van der Waals surface area (Å²) < 4.78 is 18.7. The second-order valence-electron chi connectivity index (χ2n) is 7.56. The summed E-state index contributed by atoms with van der Waals surface area (Å²) in [7, 11) is 0. The number of aromatic nitrogens is 1. The molecule has 0 saturated carbocycles. The maximum atomic E-state index is 12.0. The first kappa shape index (κ1) is 22.1. The van der Waals surface area contributed by atoms with Crippen molar-refractivity contribution in [3.63, 3.8) is 0 Å². The van der Waals surface area contributed by atoms with Crippen molar-refractivity contribution in [2.24, 2.45) is 0 Å². The molecule has 0 spiro atoms. The van der Waals surface area contributed by atoms with Crippen LogP contribution in [0.4, 0.5) is 0 Å². The summed E-state index contributed by atoms with van der Waals surface area (Å²) in [6.45, 7) is 6.51. The predicted molar refractivity (Wildman–Crippen MR) is 122 cm³/mol. The molecule has 0 amide bonds. The van der Waals surface area contributed by atoms with Crippen LogP contribution in [0.5, 0.6) is 11.5 Å². The number of carbonyl (C=O) groups excluding carboxylic acids is 1. The van der Waals surface area contributed by atoms with Gasteiger partial charge in [-0.15, -0.1) is 0 Å². The summed E-state index contributed by atoms with van der Waals surface area (Å²) >= 11 is 1.35. The molecule has 0 atom stereocenters. The van der Waals surface area contributed by atoms with E-state index in [0.29, 0.717) is 12.4 Å². The van der Waals surface area contributed by atoms with Gasteiger partial charge in [0.1, 0.15) is 11.5 Å². The first-order valence-electron chi connectivity index (χ1n) is 10.2. The topological polar surface area (TPSA) is 49.7 Å². The van der Waals surface area contributed by atoms with Gasteiger partial charge in [-0.05, 0) is 75.6 Å². The van der Waals surface area contributed by atoms with Gasteiger partial charge in [-0.3, -0.25) is 0 Å². The molecule has 160 valence electrons.